The fourth-order valence-corrected chi connectivity index (χ4v) is 4.22. The van der Waals surface area contributed by atoms with E-state index in [1.54, 1.807) is 30.3 Å². The Morgan fingerprint density at radius 2 is 2.06 bits per heavy atom. The molecule has 0 aromatic heterocycles. The summed E-state index contributed by atoms with van der Waals surface area (Å²) in [5, 5.41) is 9.66. The summed E-state index contributed by atoms with van der Waals surface area (Å²) in [6, 6.07) is 11.5. The van der Waals surface area contributed by atoms with Gasteiger partial charge in [-0.2, -0.15) is 5.26 Å². The molecule has 0 spiro atoms. The summed E-state index contributed by atoms with van der Waals surface area (Å²) in [5.74, 6) is 0.135. The highest BCUT2D eigenvalue weighted by atomic mass is 35.5. The first-order valence-electron chi connectivity index (χ1n) is 11.7. The van der Waals surface area contributed by atoms with Gasteiger partial charge in [-0.25, -0.2) is 14.3 Å². The SMILES string of the molecule is CC1CN(Cc2ccc(F)cc2)CCN1C(=O)COc1ccc(Cl)cc1CN=C(N)N(C#N)CCN. The minimum Gasteiger partial charge on any atom is -0.483 e. The van der Waals surface area contributed by atoms with Crippen molar-refractivity contribution in [3.8, 4) is 11.9 Å². The maximum absolute atomic E-state index is 13.2. The maximum atomic E-state index is 13.2. The molecule has 1 heterocycles. The van der Waals surface area contributed by atoms with Crippen LogP contribution in [-0.4, -0.2) is 71.9 Å². The second kappa shape index (κ2) is 13.1. The van der Waals surface area contributed by atoms with E-state index in [0.717, 1.165) is 5.56 Å². The fraction of sp³-hybridized carbons (Fsp3) is 0.400. The molecule has 1 unspecified atom stereocenters. The first-order chi connectivity index (χ1) is 17.3. The standard InChI is InChI=1S/C25H31ClFN7O2/c1-18-14-32(15-19-2-5-22(27)6-3-19)10-11-34(18)24(35)16-36-23-7-4-21(26)12-20(23)13-31-25(30)33(17-29)9-8-28/h2-7,12,18H,8-11,13-16,28H2,1H3,(H2,30,31). The molecule has 36 heavy (non-hydrogen) atoms. The number of nitrogens with two attached hydrogens (primary N) is 2. The van der Waals surface area contributed by atoms with Crippen molar-refractivity contribution in [2.24, 2.45) is 16.5 Å². The van der Waals surface area contributed by atoms with E-state index < -0.39 is 0 Å². The summed E-state index contributed by atoms with van der Waals surface area (Å²) < 4.78 is 19.0. The molecule has 2 aromatic carbocycles. The maximum Gasteiger partial charge on any atom is 0.260 e. The van der Waals surface area contributed by atoms with Crippen LogP contribution in [0.15, 0.2) is 47.5 Å². The van der Waals surface area contributed by atoms with Crippen LogP contribution in [0.4, 0.5) is 4.39 Å². The zero-order chi connectivity index (χ0) is 26.1. The number of ether oxygens (including phenoxy) is 1. The quantitative estimate of drug-likeness (QED) is 0.227. The Kier molecular flexibility index (Phi) is 9.87. The van der Waals surface area contributed by atoms with E-state index in [1.165, 1.54) is 17.0 Å². The number of carbonyl (C=O) groups excluding carboxylic acids is 1. The molecule has 1 aliphatic heterocycles. The van der Waals surface area contributed by atoms with Crippen LogP contribution in [0.25, 0.3) is 0 Å². The molecule has 2 aromatic rings. The van der Waals surface area contributed by atoms with Crippen LogP contribution in [0.5, 0.6) is 5.75 Å². The van der Waals surface area contributed by atoms with Crippen LogP contribution >= 0.6 is 11.6 Å². The van der Waals surface area contributed by atoms with Crippen LogP contribution in [-0.2, 0) is 17.9 Å². The van der Waals surface area contributed by atoms with Crippen LogP contribution in [0.3, 0.4) is 0 Å². The molecule has 0 aliphatic carbocycles. The number of benzene rings is 2. The fourth-order valence-electron chi connectivity index (χ4n) is 4.03. The smallest absolute Gasteiger partial charge is 0.260 e. The highest BCUT2D eigenvalue weighted by Gasteiger charge is 2.27. The van der Waals surface area contributed by atoms with Gasteiger partial charge in [0.15, 0.2) is 12.8 Å². The third-order valence-electron chi connectivity index (χ3n) is 5.89. The van der Waals surface area contributed by atoms with Gasteiger partial charge in [-0.15, -0.1) is 0 Å². The lowest BCUT2D eigenvalue weighted by Crippen LogP contribution is -2.54. The van der Waals surface area contributed by atoms with Crippen molar-refractivity contribution in [2.75, 3.05) is 39.3 Å². The molecule has 1 atom stereocenters. The van der Waals surface area contributed by atoms with Crippen molar-refractivity contribution in [3.63, 3.8) is 0 Å². The van der Waals surface area contributed by atoms with Gasteiger partial charge in [0.05, 0.1) is 6.54 Å². The predicted molar refractivity (Wildman–Crippen MR) is 136 cm³/mol. The van der Waals surface area contributed by atoms with Gasteiger partial charge in [0.25, 0.3) is 5.91 Å². The largest absolute Gasteiger partial charge is 0.483 e. The average molecular weight is 516 g/mol. The summed E-state index contributed by atoms with van der Waals surface area (Å²) in [4.78, 5) is 22.4. The van der Waals surface area contributed by atoms with E-state index >= 15 is 0 Å². The van der Waals surface area contributed by atoms with Gasteiger partial charge in [0.1, 0.15) is 11.6 Å². The summed E-state index contributed by atoms with van der Waals surface area (Å²) in [7, 11) is 0. The Morgan fingerprint density at radius 1 is 1.31 bits per heavy atom. The Hall–Kier alpha value is -3.39. The number of hydrogen-bond acceptors (Lipinski definition) is 6. The molecule has 11 heteroatoms. The first-order valence-corrected chi connectivity index (χ1v) is 12.0. The number of aliphatic imine (C=N–C) groups is 1. The first kappa shape index (κ1) is 27.2. The third kappa shape index (κ3) is 7.55. The molecule has 1 amide bonds. The number of halogens is 2. The summed E-state index contributed by atoms with van der Waals surface area (Å²) in [6.45, 7) is 5.21. The van der Waals surface area contributed by atoms with Gasteiger partial charge >= 0.3 is 0 Å². The van der Waals surface area contributed by atoms with E-state index in [4.69, 9.17) is 33.1 Å². The lowest BCUT2D eigenvalue weighted by Gasteiger charge is -2.39. The topological polar surface area (TPSA) is 124 Å². The monoisotopic (exact) mass is 515 g/mol. The number of carbonyl (C=O) groups is 1. The summed E-state index contributed by atoms with van der Waals surface area (Å²) in [6.07, 6.45) is 1.94. The van der Waals surface area contributed by atoms with E-state index in [-0.39, 0.29) is 50.0 Å². The minimum absolute atomic E-state index is 0.00361. The highest BCUT2D eigenvalue weighted by Crippen LogP contribution is 2.24. The van der Waals surface area contributed by atoms with Crippen molar-refractivity contribution in [1.29, 1.82) is 5.26 Å². The number of rotatable bonds is 9. The summed E-state index contributed by atoms with van der Waals surface area (Å²) in [5.41, 5.74) is 13.1. The molecular weight excluding hydrogens is 485 g/mol. The second-order valence-electron chi connectivity index (χ2n) is 8.55. The lowest BCUT2D eigenvalue weighted by atomic mass is 10.1. The zero-order valence-electron chi connectivity index (χ0n) is 20.2. The molecule has 9 nitrogen and oxygen atoms in total. The minimum atomic E-state index is -0.252. The van der Waals surface area contributed by atoms with Crippen LogP contribution in [0.1, 0.15) is 18.1 Å². The average Bonchev–Trinajstić information content (AvgIpc) is 2.86. The number of nitrogens with zero attached hydrogens (tertiary/aromatic N) is 5. The van der Waals surface area contributed by atoms with Gasteiger partial charge in [-0.05, 0) is 42.8 Å². The number of nitriles is 1. The Labute approximate surface area is 215 Å². The number of guanidine groups is 1. The Balaban J connectivity index is 1.57. The molecule has 0 bridgehead atoms. The van der Waals surface area contributed by atoms with E-state index in [0.29, 0.717) is 42.5 Å². The van der Waals surface area contributed by atoms with Gasteiger partial charge in [-0.3, -0.25) is 9.69 Å². The van der Waals surface area contributed by atoms with E-state index in [2.05, 4.69) is 9.89 Å². The Morgan fingerprint density at radius 3 is 2.72 bits per heavy atom. The van der Waals surface area contributed by atoms with Crippen molar-refractivity contribution < 1.29 is 13.9 Å². The van der Waals surface area contributed by atoms with Gasteiger partial charge < -0.3 is 21.1 Å². The van der Waals surface area contributed by atoms with Gasteiger partial charge in [0.2, 0.25) is 5.96 Å². The number of amides is 1. The molecule has 1 fully saturated rings. The van der Waals surface area contributed by atoms with Crippen molar-refractivity contribution in [1.82, 2.24) is 14.7 Å². The second-order valence-corrected chi connectivity index (χ2v) is 8.99. The summed E-state index contributed by atoms with van der Waals surface area (Å²) >= 11 is 6.14. The molecule has 3 rings (SSSR count). The Bertz CT molecular complexity index is 1110. The van der Waals surface area contributed by atoms with Crippen molar-refractivity contribution in [3.05, 3.63) is 64.4 Å². The normalized spacial score (nSPS) is 16.5. The van der Waals surface area contributed by atoms with Crippen molar-refractivity contribution in [2.45, 2.75) is 26.1 Å². The van der Waals surface area contributed by atoms with E-state index in [1.807, 2.05) is 18.0 Å². The number of hydrogen-bond donors (Lipinski definition) is 2. The molecular formula is C25H31ClFN7O2. The predicted octanol–water partition coefficient (Wildman–Crippen LogP) is 2.15. The molecule has 1 aliphatic rings. The van der Waals surface area contributed by atoms with Crippen LogP contribution in [0.2, 0.25) is 5.02 Å². The molecule has 1 saturated heterocycles. The lowest BCUT2D eigenvalue weighted by molar-refractivity contribution is -0.138. The van der Waals surface area contributed by atoms with Gasteiger partial charge in [-0.1, -0.05) is 23.7 Å². The van der Waals surface area contributed by atoms with Gasteiger partial charge in [0, 0.05) is 55.9 Å². The van der Waals surface area contributed by atoms with Crippen LogP contribution < -0.4 is 16.2 Å². The van der Waals surface area contributed by atoms with Crippen molar-refractivity contribution >= 4 is 23.5 Å². The molecule has 192 valence electrons. The van der Waals surface area contributed by atoms with E-state index in [9.17, 15) is 9.18 Å². The van der Waals surface area contributed by atoms with Crippen LogP contribution in [0, 0.1) is 17.3 Å². The molecule has 0 radical (unpaired) electrons. The third-order valence-corrected chi connectivity index (χ3v) is 6.12. The highest BCUT2D eigenvalue weighted by molar-refractivity contribution is 6.30. The zero-order valence-corrected chi connectivity index (χ0v) is 21.0. The number of piperazine rings is 1. The molecule has 0 saturated carbocycles. The molecule has 4 N–H and O–H groups in total.